The summed E-state index contributed by atoms with van der Waals surface area (Å²) in [5.41, 5.74) is 0.451. The molecule has 160 valence electrons. The lowest BCUT2D eigenvalue weighted by Gasteiger charge is -2.27. The van der Waals surface area contributed by atoms with E-state index in [4.69, 9.17) is 14.7 Å². The molecule has 8 nitrogen and oxygen atoms in total. The number of ether oxygens (including phenoxy) is 3. The fourth-order valence-corrected chi connectivity index (χ4v) is 2.16. The minimum Gasteiger partial charge on any atom is -0.465 e. The van der Waals surface area contributed by atoms with E-state index in [0.29, 0.717) is 11.3 Å². The molecule has 0 fully saturated rings. The second kappa shape index (κ2) is 10.8. The molecule has 1 aromatic carbocycles. The Labute approximate surface area is 176 Å². The summed E-state index contributed by atoms with van der Waals surface area (Å²) in [6, 6.07) is 8.30. The smallest absolute Gasteiger partial charge is 0.414 e. The minimum absolute atomic E-state index is 0.0481. The summed E-state index contributed by atoms with van der Waals surface area (Å²) >= 11 is 0. The van der Waals surface area contributed by atoms with E-state index in [1.54, 1.807) is 51.1 Å². The molecule has 0 spiro atoms. The summed E-state index contributed by atoms with van der Waals surface area (Å²) in [4.78, 5) is 37.1. The molecule has 0 radical (unpaired) electrons. The molecule has 0 aliphatic heterocycles. The van der Waals surface area contributed by atoms with Gasteiger partial charge in [0.05, 0.1) is 13.7 Å². The van der Waals surface area contributed by atoms with E-state index in [1.165, 1.54) is 25.0 Å². The van der Waals surface area contributed by atoms with Crippen LogP contribution in [0.4, 0.5) is 10.5 Å². The lowest BCUT2D eigenvalue weighted by Crippen LogP contribution is -2.39. The summed E-state index contributed by atoms with van der Waals surface area (Å²) in [7, 11) is 1.19. The van der Waals surface area contributed by atoms with Crippen molar-refractivity contribution in [3.8, 4) is 6.07 Å². The van der Waals surface area contributed by atoms with Crippen molar-refractivity contribution in [1.82, 2.24) is 0 Å². The Morgan fingerprint density at radius 1 is 1.17 bits per heavy atom. The first-order chi connectivity index (χ1) is 14.0. The van der Waals surface area contributed by atoms with Crippen LogP contribution >= 0.6 is 0 Å². The first-order valence-electron chi connectivity index (χ1n) is 9.12. The van der Waals surface area contributed by atoms with Gasteiger partial charge in [0.1, 0.15) is 23.9 Å². The highest BCUT2D eigenvalue weighted by Crippen LogP contribution is 2.20. The monoisotopic (exact) mass is 414 g/mol. The summed E-state index contributed by atoms with van der Waals surface area (Å²) in [6.45, 7) is 10.3. The number of carbonyl (C=O) groups is 3. The van der Waals surface area contributed by atoms with Crippen LogP contribution in [0.15, 0.2) is 42.0 Å². The molecule has 8 heteroatoms. The van der Waals surface area contributed by atoms with Gasteiger partial charge < -0.3 is 14.2 Å². The maximum atomic E-state index is 12.6. The van der Waals surface area contributed by atoms with Crippen LogP contribution in [-0.2, 0) is 23.8 Å². The van der Waals surface area contributed by atoms with E-state index in [9.17, 15) is 14.4 Å². The summed E-state index contributed by atoms with van der Waals surface area (Å²) in [5, 5.41) is 9.06. The summed E-state index contributed by atoms with van der Waals surface area (Å²) < 4.78 is 15.1. The van der Waals surface area contributed by atoms with Gasteiger partial charge in [-0.3, -0.25) is 4.90 Å². The average molecular weight is 414 g/mol. The van der Waals surface area contributed by atoms with Crippen molar-refractivity contribution in [3.05, 3.63) is 47.6 Å². The maximum Gasteiger partial charge on any atom is 0.414 e. The largest absolute Gasteiger partial charge is 0.465 e. The molecule has 0 atom stereocenters. The molecule has 0 N–H and O–H groups in total. The Balaban J connectivity index is 3.08. The number of methoxy groups -OCH3 is 1. The minimum atomic E-state index is -0.740. The van der Waals surface area contributed by atoms with Gasteiger partial charge in [-0.25, -0.2) is 14.4 Å². The quantitative estimate of drug-likeness (QED) is 0.290. The molecule has 1 amide bonds. The zero-order valence-electron chi connectivity index (χ0n) is 17.9. The summed E-state index contributed by atoms with van der Waals surface area (Å²) in [5.74, 6) is -1.29. The lowest BCUT2D eigenvalue weighted by molar-refractivity contribution is -0.138. The van der Waals surface area contributed by atoms with Crippen LogP contribution in [0.1, 0.15) is 33.3 Å². The van der Waals surface area contributed by atoms with Gasteiger partial charge >= 0.3 is 18.0 Å². The summed E-state index contributed by atoms with van der Waals surface area (Å²) in [6.07, 6.45) is 0.770. The van der Waals surface area contributed by atoms with E-state index < -0.39 is 23.6 Å². The first kappa shape index (κ1) is 24.4. The Morgan fingerprint density at radius 3 is 2.23 bits per heavy atom. The molecule has 0 aliphatic rings. The van der Waals surface area contributed by atoms with Crippen LogP contribution in [0.2, 0.25) is 0 Å². The standard InChI is InChI=1S/C22H26N2O6/c1-15(2)19(25)29-12-11-24(21(27)30-22(3,4)5)18-9-7-16(8-10-18)13-17(14-23)20(26)28-6/h7-10,13H,1,11-12H2,2-6H3. The van der Waals surface area contributed by atoms with Crippen LogP contribution < -0.4 is 4.90 Å². The number of nitrogens with zero attached hydrogens (tertiary/aromatic N) is 2. The molecule has 0 heterocycles. The van der Waals surface area contributed by atoms with Crippen molar-refractivity contribution in [2.24, 2.45) is 0 Å². The number of hydrogen-bond acceptors (Lipinski definition) is 7. The van der Waals surface area contributed by atoms with E-state index in [1.807, 2.05) is 0 Å². The number of anilines is 1. The topological polar surface area (TPSA) is 106 Å². The van der Waals surface area contributed by atoms with Crippen LogP contribution in [0, 0.1) is 11.3 Å². The second-order valence-electron chi connectivity index (χ2n) is 7.30. The normalized spacial score (nSPS) is 11.1. The lowest BCUT2D eigenvalue weighted by atomic mass is 10.1. The SMILES string of the molecule is C=C(C)C(=O)OCCN(C(=O)OC(C)(C)C)c1ccc(C=C(C#N)C(=O)OC)cc1. The molecule has 30 heavy (non-hydrogen) atoms. The number of carbonyl (C=O) groups excluding carboxylic acids is 3. The Morgan fingerprint density at radius 2 is 1.77 bits per heavy atom. The number of benzene rings is 1. The van der Waals surface area contributed by atoms with E-state index >= 15 is 0 Å². The van der Waals surface area contributed by atoms with E-state index in [0.717, 1.165) is 0 Å². The third-order valence-electron chi connectivity index (χ3n) is 3.55. The Hall–Kier alpha value is -3.60. The van der Waals surface area contributed by atoms with E-state index in [2.05, 4.69) is 11.3 Å². The molecular formula is C22H26N2O6. The molecule has 1 aromatic rings. The Bertz CT molecular complexity index is 872. The van der Waals surface area contributed by atoms with Crippen molar-refractivity contribution < 1.29 is 28.6 Å². The van der Waals surface area contributed by atoms with Crippen LogP contribution in [0.25, 0.3) is 6.08 Å². The third kappa shape index (κ3) is 7.80. The van der Waals surface area contributed by atoms with Gasteiger partial charge in [-0.1, -0.05) is 18.7 Å². The molecule has 0 aliphatic carbocycles. The molecule has 0 saturated carbocycles. The highest BCUT2D eigenvalue weighted by Gasteiger charge is 2.24. The predicted molar refractivity (Wildman–Crippen MR) is 111 cm³/mol. The molecule has 0 bridgehead atoms. The van der Waals surface area contributed by atoms with Gasteiger partial charge in [0.2, 0.25) is 0 Å². The fourth-order valence-electron chi connectivity index (χ4n) is 2.16. The van der Waals surface area contributed by atoms with Crippen molar-refractivity contribution in [2.45, 2.75) is 33.3 Å². The predicted octanol–water partition coefficient (Wildman–Crippen LogP) is 3.63. The van der Waals surface area contributed by atoms with Crippen LogP contribution in [0.3, 0.4) is 0 Å². The van der Waals surface area contributed by atoms with Gasteiger partial charge in [0.15, 0.2) is 0 Å². The molecule has 0 aromatic heterocycles. The van der Waals surface area contributed by atoms with E-state index in [-0.39, 0.29) is 24.3 Å². The zero-order valence-corrected chi connectivity index (χ0v) is 17.9. The third-order valence-corrected chi connectivity index (χ3v) is 3.55. The number of hydrogen-bond donors (Lipinski definition) is 0. The van der Waals surface area contributed by atoms with Gasteiger partial charge in [-0.2, -0.15) is 5.26 Å². The number of esters is 2. The van der Waals surface area contributed by atoms with Gasteiger partial charge in [-0.15, -0.1) is 0 Å². The average Bonchev–Trinajstić information content (AvgIpc) is 2.67. The van der Waals surface area contributed by atoms with Crippen molar-refractivity contribution in [1.29, 1.82) is 5.26 Å². The van der Waals surface area contributed by atoms with Gasteiger partial charge in [0, 0.05) is 11.3 Å². The van der Waals surface area contributed by atoms with Crippen LogP contribution in [-0.4, -0.2) is 43.9 Å². The van der Waals surface area contributed by atoms with Crippen molar-refractivity contribution >= 4 is 29.8 Å². The maximum absolute atomic E-state index is 12.6. The molecular weight excluding hydrogens is 388 g/mol. The molecule has 0 unspecified atom stereocenters. The highest BCUT2D eigenvalue weighted by atomic mass is 16.6. The number of nitriles is 1. The molecule has 0 saturated heterocycles. The van der Waals surface area contributed by atoms with Gasteiger partial charge in [-0.05, 0) is 51.5 Å². The van der Waals surface area contributed by atoms with Crippen molar-refractivity contribution in [3.63, 3.8) is 0 Å². The molecule has 1 rings (SSSR count). The van der Waals surface area contributed by atoms with Gasteiger partial charge in [0.25, 0.3) is 0 Å². The number of amides is 1. The zero-order chi connectivity index (χ0) is 22.9. The highest BCUT2D eigenvalue weighted by molar-refractivity contribution is 5.98. The number of rotatable bonds is 7. The first-order valence-corrected chi connectivity index (χ1v) is 9.12. The fraction of sp³-hybridized carbons (Fsp3) is 0.364. The second-order valence-corrected chi connectivity index (χ2v) is 7.30. The van der Waals surface area contributed by atoms with Crippen LogP contribution in [0.5, 0.6) is 0 Å². The Kier molecular flexibility index (Phi) is 8.81. The van der Waals surface area contributed by atoms with Crippen molar-refractivity contribution in [2.75, 3.05) is 25.2 Å².